The second kappa shape index (κ2) is 13.2. The third kappa shape index (κ3) is 12.3. The lowest BCUT2D eigenvalue weighted by Gasteiger charge is -2.19. The van der Waals surface area contributed by atoms with E-state index in [4.69, 9.17) is 9.47 Å². The Labute approximate surface area is 154 Å². The predicted molar refractivity (Wildman–Crippen MR) is 93.5 cm³/mol. The Kier molecular flexibility index (Phi) is 12.1. The maximum atomic E-state index is 11.8. The number of carbonyl (C=O) groups excluding carboxylic acids is 5. The molecule has 8 heteroatoms. The summed E-state index contributed by atoms with van der Waals surface area (Å²) in [6.45, 7) is 3.13. The topological polar surface area (TPSA) is 107 Å². The molecule has 0 fully saturated rings. The fraction of sp³-hybridized carbons (Fsp3) is 0.722. The molecule has 26 heavy (non-hydrogen) atoms. The third-order valence-corrected chi connectivity index (χ3v) is 3.44. The molecular formula is C18H29NO7. The van der Waals surface area contributed by atoms with Crippen LogP contribution in [0, 0.1) is 0 Å². The van der Waals surface area contributed by atoms with Gasteiger partial charge >= 0.3 is 11.9 Å². The van der Waals surface area contributed by atoms with Crippen molar-refractivity contribution in [1.29, 1.82) is 0 Å². The van der Waals surface area contributed by atoms with E-state index in [9.17, 15) is 24.0 Å². The summed E-state index contributed by atoms with van der Waals surface area (Å²) in [7, 11) is 3.40. The number of likely N-dealkylation sites (N-methyl/N-ethyl adjacent to an activating group) is 1. The minimum absolute atomic E-state index is 0.0388. The van der Waals surface area contributed by atoms with E-state index < -0.39 is 18.0 Å². The third-order valence-electron chi connectivity index (χ3n) is 3.44. The Morgan fingerprint density at radius 1 is 0.846 bits per heavy atom. The van der Waals surface area contributed by atoms with Gasteiger partial charge in [0.25, 0.3) is 0 Å². The smallest absolute Gasteiger partial charge is 0.320 e. The van der Waals surface area contributed by atoms with Crippen LogP contribution in [0.3, 0.4) is 0 Å². The molecule has 0 aliphatic carbocycles. The van der Waals surface area contributed by atoms with Crippen molar-refractivity contribution in [2.24, 2.45) is 0 Å². The summed E-state index contributed by atoms with van der Waals surface area (Å²) in [6, 6.07) is 0. The Morgan fingerprint density at radius 2 is 1.42 bits per heavy atom. The summed E-state index contributed by atoms with van der Waals surface area (Å²) >= 11 is 0. The van der Waals surface area contributed by atoms with Crippen molar-refractivity contribution >= 4 is 29.3 Å². The van der Waals surface area contributed by atoms with Crippen molar-refractivity contribution in [1.82, 2.24) is 4.90 Å². The molecule has 0 amide bonds. The van der Waals surface area contributed by atoms with E-state index in [0.717, 1.165) is 0 Å². The maximum Gasteiger partial charge on any atom is 0.320 e. The van der Waals surface area contributed by atoms with E-state index in [1.54, 1.807) is 32.8 Å². The average molecular weight is 371 g/mol. The molecule has 0 saturated heterocycles. The molecule has 0 aromatic carbocycles. The molecular weight excluding hydrogens is 342 g/mol. The molecule has 0 aromatic heterocycles. The van der Waals surface area contributed by atoms with Gasteiger partial charge in [0.2, 0.25) is 0 Å². The monoisotopic (exact) mass is 371 g/mol. The summed E-state index contributed by atoms with van der Waals surface area (Å²) in [6.07, 6.45) is -0.588. The highest BCUT2D eigenvalue weighted by atomic mass is 16.6. The van der Waals surface area contributed by atoms with Crippen molar-refractivity contribution in [3.05, 3.63) is 0 Å². The van der Waals surface area contributed by atoms with Crippen LogP contribution in [0.1, 0.15) is 52.4 Å². The number of rotatable bonds is 14. The second-order valence-electron chi connectivity index (χ2n) is 6.25. The van der Waals surface area contributed by atoms with Gasteiger partial charge in [-0.05, 0) is 20.5 Å². The molecule has 0 aliphatic rings. The van der Waals surface area contributed by atoms with Crippen LogP contribution in [0.4, 0.5) is 0 Å². The van der Waals surface area contributed by atoms with Crippen LogP contribution in [0.15, 0.2) is 0 Å². The van der Waals surface area contributed by atoms with Crippen LogP contribution in [0.25, 0.3) is 0 Å². The highest BCUT2D eigenvalue weighted by molar-refractivity contribution is 5.98. The van der Waals surface area contributed by atoms with Crippen molar-refractivity contribution in [3.63, 3.8) is 0 Å². The lowest BCUT2D eigenvalue weighted by molar-refractivity contribution is -0.160. The van der Waals surface area contributed by atoms with Crippen molar-refractivity contribution in [2.75, 3.05) is 27.2 Å². The van der Waals surface area contributed by atoms with E-state index in [2.05, 4.69) is 0 Å². The van der Waals surface area contributed by atoms with Gasteiger partial charge in [-0.15, -0.1) is 0 Å². The Morgan fingerprint density at radius 3 is 1.96 bits per heavy atom. The highest BCUT2D eigenvalue weighted by Gasteiger charge is 2.20. The number of nitrogens with zero attached hydrogens (tertiary/aromatic N) is 1. The molecule has 148 valence electrons. The van der Waals surface area contributed by atoms with Crippen LogP contribution in [-0.2, 0) is 33.4 Å². The first-order chi connectivity index (χ1) is 12.2. The molecule has 8 nitrogen and oxygen atoms in total. The number of Topliss-reactive ketones (excluding diaryl/α,β-unsaturated/α-hetero) is 3. The molecule has 0 N–H and O–H groups in total. The van der Waals surface area contributed by atoms with Crippen LogP contribution < -0.4 is 0 Å². The SMILES string of the molecule is CCC(=O)CC(=O)CCC(COC(=O)CC(=O)CC)OC(=O)CN(C)C. The first-order valence-electron chi connectivity index (χ1n) is 8.72. The lowest BCUT2D eigenvalue weighted by atomic mass is 10.1. The highest BCUT2D eigenvalue weighted by Crippen LogP contribution is 2.08. The van der Waals surface area contributed by atoms with Gasteiger partial charge in [-0.3, -0.25) is 28.9 Å². The zero-order chi connectivity index (χ0) is 20.1. The number of hydrogen-bond acceptors (Lipinski definition) is 8. The van der Waals surface area contributed by atoms with E-state index in [0.29, 0.717) is 0 Å². The van der Waals surface area contributed by atoms with E-state index in [-0.39, 0.29) is 69.0 Å². The average Bonchev–Trinajstić information content (AvgIpc) is 2.56. The van der Waals surface area contributed by atoms with Gasteiger partial charge in [0.05, 0.1) is 13.0 Å². The molecule has 0 radical (unpaired) electrons. The standard InChI is InChI=1S/C18H29NO7/c1-5-13(20)9-15(22)7-8-16(26-18(24)11-19(3)4)12-25-17(23)10-14(21)6-2/h16H,5-12H2,1-4H3. The minimum atomic E-state index is -0.802. The molecule has 0 saturated carbocycles. The number of ketones is 3. The molecule has 0 spiro atoms. The lowest BCUT2D eigenvalue weighted by Crippen LogP contribution is -2.31. The summed E-state index contributed by atoms with van der Waals surface area (Å²) in [5.41, 5.74) is 0. The van der Waals surface area contributed by atoms with E-state index >= 15 is 0 Å². The predicted octanol–water partition coefficient (Wildman–Crippen LogP) is 1.09. The van der Waals surface area contributed by atoms with Gasteiger partial charge in [-0.2, -0.15) is 0 Å². The van der Waals surface area contributed by atoms with Gasteiger partial charge < -0.3 is 9.47 Å². The van der Waals surface area contributed by atoms with Crippen LogP contribution in [-0.4, -0.2) is 67.5 Å². The summed E-state index contributed by atoms with van der Waals surface area (Å²) in [5.74, 6) is -1.86. The minimum Gasteiger partial charge on any atom is -0.461 e. The molecule has 0 aromatic rings. The Hall–Kier alpha value is -2.09. The zero-order valence-electron chi connectivity index (χ0n) is 16.0. The Bertz CT molecular complexity index is 480. The normalized spacial score (nSPS) is 11.7. The summed E-state index contributed by atoms with van der Waals surface area (Å²) < 4.78 is 10.2. The molecule has 0 aliphatic heterocycles. The van der Waals surface area contributed by atoms with Gasteiger partial charge in [0.1, 0.15) is 36.5 Å². The van der Waals surface area contributed by atoms with Crippen molar-refractivity contribution in [2.45, 2.75) is 58.5 Å². The molecule has 1 atom stereocenters. The molecule has 0 rings (SSSR count). The van der Waals surface area contributed by atoms with Crippen LogP contribution in [0.2, 0.25) is 0 Å². The van der Waals surface area contributed by atoms with Gasteiger partial charge in [-0.25, -0.2) is 0 Å². The fourth-order valence-electron chi connectivity index (χ4n) is 1.94. The van der Waals surface area contributed by atoms with Gasteiger partial charge in [0.15, 0.2) is 0 Å². The van der Waals surface area contributed by atoms with Crippen molar-refractivity contribution in [3.8, 4) is 0 Å². The van der Waals surface area contributed by atoms with Gasteiger partial charge in [-0.1, -0.05) is 13.8 Å². The van der Waals surface area contributed by atoms with Crippen LogP contribution >= 0.6 is 0 Å². The number of hydrogen-bond donors (Lipinski definition) is 0. The first kappa shape index (κ1) is 23.9. The molecule has 1 unspecified atom stereocenters. The number of carbonyl (C=O) groups is 5. The van der Waals surface area contributed by atoms with Crippen LogP contribution in [0.5, 0.6) is 0 Å². The maximum absolute atomic E-state index is 11.8. The quantitative estimate of drug-likeness (QED) is 0.330. The number of esters is 2. The number of ether oxygens (including phenoxy) is 2. The van der Waals surface area contributed by atoms with Crippen molar-refractivity contribution < 1.29 is 33.4 Å². The van der Waals surface area contributed by atoms with E-state index in [1.807, 2.05) is 0 Å². The largest absolute Gasteiger partial charge is 0.461 e. The van der Waals surface area contributed by atoms with Gasteiger partial charge in [0, 0.05) is 19.3 Å². The molecule has 0 heterocycles. The molecule has 0 bridgehead atoms. The van der Waals surface area contributed by atoms with E-state index in [1.165, 1.54) is 0 Å². The fourth-order valence-corrected chi connectivity index (χ4v) is 1.94. The zero-order valence-corrected chi connectivity index (χ0v) is 16.0. The summed E-state index contributed by atoms with van der Waals surface area (Å²) in [5, 5.41) is 0. The second-order valence-corrected chi connectivity index (χ2v) is 6.25. The summed E-state index contributed by atoms with van der Waals surface area (Å²) in [4.78, 5) is 59.3. The first-order valence-corrected chi connectivity index (χ1v) is 8.72. The Balaban J connectivity index is 4.60.